The van der Waals surface area contributed by atoms with Crippen molar-refractivity contribution in [2.24, 2.45) is 0 Å². The van der Waals surface area contributed by atoms with Gasteiger partial charge in [-0.25, -0.2) is 0 Å². The second-order valence-corrected chi connectivity index (χ2v) is 11.1. The molecule has 0 rings (SSSR count). The Kier molecular flexibility index (Phi) is 21.5. The van der Waals surface area contributed by atoms with E-state index in [2.05, 4.69) is 179 Å². The molecular weight excluding hydrogens is 480 g/mol. The normalized spacial score (nSPS) is 15.1. The van der Waals surface area contributed by atoms with Gasteiger partial charge in [-0.15, -0.1) is 0 Å². The average Bonchev–Trinajstić information content (AvgIpc) is 2.86. The van der Waals surface area contributed by atoms with E-state index < -0.39 is 0 Å². The first-order chi connectivity index (χ1) is 19.0. The molecule has 0 heteroatoms. The number of hydrogen-bond donors (Lipinski definition) is 0. The molecule has 0 aromatic heterocycles. The summed E-state index contributed by atoms with van der Waals surface area (Å²) in [6.45, 7) is 21.5. The minimum atomic E-state index is 1.12. The Morgan fingerprint density at radius 1 is 0.350 bits per heavy atom. The third-order valence-corrected chi connectivity index (χ3v) is 5.93. The lowest BCUT2D eigenvalue weighted by atomic mass is 10.1. The van der Waals surface area contributed by atoms with E-state index in [1.165, 1.54) is 44.6 Å². The molecule has 216 valence electrons. The van der Waals surface area contributed by atoms with Crippen molar-refractivity contribution in [1.82, 2.24) is 0 Å². The maximum atomic E-state index is 2.30. The fraction of sp³-hybridized carbons (Fsp3) is 0.350. The molecule has 0 unspecified atom stereocenters. The lowest BCUT2D eigenvalue weighted by Crippen LogP contribution is -1.76. The second kappa shape index (κ2) is 23.5. The SMILES string of the molecule is CC(C)=CCC/C(C)=C/C=C\C(C)=C\C=C\C(C)=C\C=C\C=C(C)\C=C\C=C(C)\C=C/C=C(\C)CCC=C(C)C. The molecule has 0 spiro atoms. The van der Waals surface area contributed by atoms with Crippen molar-refractivity contribution in [3.8, 4) is 0 Å². The Bertz CT molecular complexity index is 1050. The van der Waals surface area contributed by atoms with Gasteiger partial charge in [-0.3, -0.25) is 0 Å². The zero-order valence-electron chi connectivity index (χ0n) is 27.2. The van der Waals surface area contributed by atoms with Gasteiger partial charge < -0.3 is 0 Å². The summed E-state index contributed by atoms with van der Waals surface area (Å²) < 4.78 is 0. The van der Waals surface area contributed by atoms with Gasteiger partial charge in [-0.2, -0.15) is 0 Å². The zero-order chi connectivity index (χ0) is 30.2. The van der Waals surface area contributed by atoms with E-state index in [-0.39, 0.29) is 0 Å². The molecule has 0 aliphatic rings. The summed E-state index contributed by atoms with van der Waals surface area (Å²) in [4.78, 5) is 0. The van der Waals surface area contributed by atoms with Gasteiger partial charge in [0.1, 0.15) is 0 Å². The summed E-state index contributed by atoms with van der Waals surface area (Å²) in [5, 5.41) is 0. The molecular formula is C40H56. The van der Waals surface area contributed by atoms with Gasteiger partial charge in [0.2, 0.25) is 0 Å². The molecule has 0 nitrogen and oxygen atoms in total. The minimum Gasteiger partial charge on any atom is -0.0856 e. The summed E-state index contributed by atoms with van der Waals surface area (Å²) in [5.74, 6) is 0. The minimum absolute atomic E-state index is 1.12. The lowest BCUT2D eigenvalue weighted by molar-refractivity contribution is 0.967. The van der Waals surface area contributed by atoms with Gasteiger partial charge in [-0.1, -0.05) is 154 Å². The van der Waals surface area contributed by atoms with Gasteiger partial charge in [0.25, 0.3) is 0 Å². The number of rotatable bonds is 16. The smallest absolute Gasteiger partial charge is 0.0285 e. The first-order valence-electron chi connectivity index (χ1n) is 14.7. The zero-order valence-corrected chi connectivity index (χ0v) is 27.2. The maximum Gasteiger partial charge on any atom is -0.0285 e. The molecule has 0 heterocycles. The second-order valence-electron chi connectivity index (χ2n) is 11.1. The van der Waals surface area contributed by atoms with E-state index in [1.807, 2.05) is 0 Å². The molecule has 0 bridgehead atoms. The fourth-order valence-corrected chi connectivity index (χ4v) is 3.41. The Labute approximate surface area is 248 Å². The van der Waals surface area contributed by atoms with Gasteiger partial charge >= 0.3 is 0 Å². The standard InChI is InChI=1S/C40H56/c1-33(2)19-13-23-37(7)27-17-31-39(9)29-15-25-35(5)21-11-12-22-36(6)26-16-30-40(10)32-18-28-38(8)24-14-20-34(3)4/h11-12,15-22,25-32H,13-14,23-24H2,1-10H3/b12-11+,25-15+,26-16+,31-17-,32-18-,35-21+,36-22+,37-27+,38-28+,39-29+,40-30+. The molecule has 0 aliphatic carbocycles. The van der Waals surface area contributed by atoms with Crippen molar-refractivity contribution in [2.45, 2.75) is 94.9 Å². The molecule has 0 aromatic rings. The average molecular weight is 537 g/mol. The van der Waals surface area contributed by atoms with E-state index >= 15 is 0 Å². The first-order valence-corrected chi connectivity index (χ1v) is 14.7. The highest BCUT2D eigenvalue weighted by atomic mass is 13.9. The molecule has 0 aliphatic heterocycles. The van der Waals surface area contributed by atoms with Gasteiger partial charge in [0.15, 0.2) is 0 Å². The van der Waals surface area contributed by atoms with E-state index in [1.54, 1.807) is 0 Å². The van der Waals surface area contributed by atoms with Crippen LogP contribution in [-0.4, -0.2) is 0 Å². The molecule has 40 heavy (non-hydrogen) atoms. The highest BCUT2D eigenvalue weighted by Crippen LogP contribution is 2.09. The Morgan fingerprint density at radius 2 is 0.625 bits per heavy atom. The summed E-state index contributed by atoms with van der Waals surface area (Å²) >= 11 is 0. The van der Waals surface area contributed by atoms with Gasteiger partial charge in [0.05, 0.1) is 0 Å². The molecule has 0 atom stereocenters. The van der Waals surface area contributed by atoms with Crippen LogP contribution in [0.2, 0.25) is 0 Å². The van der Waals surface area contributed by atoms with Crippen LogP contribution < -0.4 is 0 Å². The third-order valence-electron chi connectivity index (χ3n) is 5.93. The predicted octanol–water partition coefficient (Wildman–Crippen LogP) is 12.9. The molecule has 0 fully saturated rings. The Morgan fingerprint density at radius 3 is 0.925 bits per heavy atom. The third kappa shape index (κ3) is 24.9. The van der Waals surface area contributed by atoms with E-state index in [0.717, 1.165) is 25.7 Å². The highest BCUT2D eigenvalue weighted by molar-refractivity contribution is 5.32. The van der Waals surface area contributed by atoms with E-state index in [0.29, 0.717) is 0 Å². The first kappa shape index (κ1) is 36.6. The molecule has 0 saturated heterocycles. The van der Waals surface area contributed by atoms with Crippen LogP contribution in [0, 0.1) is 0 Å². The van der Waals surface area contributed by atoms with Crippen LogP contribution in [0.15, 0.2) is 154 Å². The van der Waals surface area contributed by atoms with Crippen LogP contribution in [0.3, 0.4) is 0 Å². The largest absolute Gasteiger partial charge is 0.0856 e. The number of hydrogen-bond acceptors (Lipinski definition) is 0. The Hall–Kier alpha value is -3.38. The quantitative estimate of drug-likeness (QED) is 0.136. The van der Waals surface area contributed by atoms with Crippen molar-refractivity contribution in [3.63, 3.8) is 0 Å². The van der Waals surface area contributed by atoms with Crippen molar-refractivity contribution in [1.29, 1.82) is 0 Å². The summed E-state index contributed by atoms with van der Waals surface area (Å²) in [6, 6.07) is 0. The highest BCUT2D eigenvalue weighted by Gasteiger charge is 1.88. The van der Waals surface area contributed by atoms with Gasteiger partial charge in [0, 0.05) is 0 Å². The maximum absolute atomic E-state index is 2.30. The van der Waals surface area contributed by atoms with Crippen LogP contribution >= 0.6 is 0 Å². The van der Waals surface area contributed by atoms with Crippen LogP contribution in [0.1, 0.15) is 94.9 Å². The molecule has 0 radical (unpaired) electrons. The lowest BCUT2D eigenvalue weighted by Gasteiger charge is -1.96. The predicted molar refractivity (Wildman–Crippen MR) is 186 cm³/mol. The fourth-order valence-electron chi connectivity index (χ4n) is 3.41. The summed E-state index contributed by atoms with van der Waals surface area (Å²) in [7, 11) is 0. The van der Waals surface area contributed by atoms with Crippen molar-refractivity contribution < 1.29 is 0 Å². The van der Waals surface area contributed by atoms with E-state index in [9.17, 15) is 0 Å². The molecule has 0 aromatic carbocycles. The topological polar surface area (TPSA) is 0 Å². The van der Waals surface area contributed by atoms with Crippen molar-refractivity contribution >= 4 is 0 Å². The van der Waals surface area contributed by atoms with Crippen molar-refractivity contribution in [3.05, 3.63) is 154 Å². The molecule has 0 N–H and O–H groups in total. The van der Waals surface area contributed by atoms with Crippen LogP contribution in [0.25, 0.3) is 0 Å². The van der Waals surface area contributed by atoms with Crippen LogP contribution in [-0.2, 0) is 0 Å². The molecule has 0 saturated carbocycles. The van der Waals surface area contributed by atoms with Gasteiger partial charge in [-0.05, 0) is 94.9 Å². The summed E-state index contributed by atoms with van der Waals surface area (Å²) in [6.07, 6.45) is 43.3. The van der Waals surface area contributed by atoms with E-state index in [4.69, 9.17) is 0 Å². The van der Waals surface area contributed by atoms with Crippen LogP contribution in [0.4, 0.5) is 0 Å². The summed E-state index contributed by atoms with van der Waals surface area (Å²) in [5.41, 5.74) is 10.5. The van der Waals surface area contributed by atoms with Crippen LogP contribution in [0.5, 0.6) is 0 Å². The molecule has 0 amide bonds. The monoisotopic (exact) mass is 536 g/mol. The Balaban J connectivity index is 4.70. The number of allylic oxidation sites excluding steroid dienone is 26. The van der Waals surface area contributed by atoms with Crippen molar-refractivity contribution in [2.75, 3.05) is 0 Å².